The lowest BCUT2D eigenvalue weighted by Gasteiger charge is -2.17. The third-order valence-corrected chi connectivity index (χ3v) is 5.14. The van der Waals surface area contributed by atoms with E-state index in [1.54, 1.807) is 0 Å². The van der Waals surface area contributed by atoms with Gasteiger partial charge in [-0.15, -0.1) is 0 Å². The van der Waals surface area contributed by atoms with Gasteiger partial charge in [0.25, 0.3) is 5.91 Å². The van der Waals surface area contributed by atoms with Gasteiger partial charge in [0.05, 0.1) is 5.52 Å². The van der Waals surface area contributed by atoms with Gasteiger partial charge < -0.3 is 15.5 Å². The molecule has 0 atom stereocenters. The Balaban J connectivity index is 1.39. The molecule has 4 rings (SSSR count). The molecular weight excluding hydrogens is 384 g/mol. The number of fused-ring (bicyclic) bond motifs is 1. The van der Waals surface area contributed by atoms with Crippen molar-refractivity contribution in [2.24, 2.45) is 0 Å². The molecule has 0 saturated heterocycles. The van der Waals surface area contributed by atoms with Crippen LogP contribution >= 0.6 is 0 Å². The first-order valence-corrected chi connectivity index (χ1v) is 10.4. The van der Waals surface area contributed by atoms with Crippen molar-refractivity contribution in [2.45, 2.75) is 6.42 Å². The lowest BCUT2D eigenvalue weighted by Crippen LogP contribution is -2.25. The van der Waals surface area contributed by atoms with Crippen molar-refractivity contribution < 1.29 is 4.79 Å². The van der Waals surface area contributed by atoms with Crippen molar-refractivity contribution >= 4 is 34.0 Å². The minimum Gasteiger partial charge on any atom is -0.377 e. The molecule has 0 fully saturated rings. The zero-order chi connectivity index (χ0) is 21.6. The van der Waals surface area contributed by atoms with Crippen molar-refractivity contribution in [1.29, 1.82) is 0 Å². The zero-order valence-corrected chi connectivity index (χ0v) is 17.8. The number of hydrogen-bond donors (Lipinski definition) is 2. The second-order valence-electron chi connectivity index (χ2n) is 7.63. The highest BCUT2D eigenvalue weighted by molar-refractivity contribution is 5.94. The Hall–Kier alpha value is -3.86. The Kier molecular flexibility index (Phi) is 6.13. The molecule has 0 aliphatic heterocycles. The molecule has 0 radical (unpaired) electrons. The molecule has 5 heteroatoms. The Morgan fingerprint density at radius 3 is 2.35 bits per heavy atom. The number of benzene rings is 3. The number of carbonyl (C=O) groups is 1. The zero-order valence-electron chi connectivity index (χ0n) is 17.8. The number of nitrogens with one attached hydrogen (secondary N) is 2. The van der Waals surface area contributed by atoms with Crippen LogP contribution in [0.1, 0.15) is 15.9 Å². The molecule has 156 valence electrons. The summed E-state index contributed by atoms with van der Waals surface area (Å²) < 4.78 is 0. The minimum absolute atomic E-state index is 0.0436. The molecule has 0 unspecified atom stereocenters. The van der Waals surface area contributed by atoms with Crippen LogP contribution in [0.5, 0.6) is 0 Å². The fourth-order valence-corrected chi connectivity index (χ4v) is 3.51. The van der Waals surface area contributed by atoms with Crippen molar-refractivity contribution in [3.05, 3.63) is 96.1 Å². The quantitative estimate of drug-likeness (QED) is 0.449. The van der Waals surface area contributed by atoms with Crippen LogP contribution in [0, 0.1) is 0 Å². The second kappa shape index (κ2) is 9.30. The van der Waals surface area contributed by atoms with E-state index in [-0.39, 0.29) is 5.91 Å². The summed E-state index contributed by atoms with van der Waals surface area (Å²) in [5.41, 5.74) is 4.91. The number of hydrogen-bond acceptors (Lipinski definition) is 4. The van der Waals surface area contributed by atoms with Gasteiger partial charge in [0.15, 0.2) is 0 Å². The summed E-state index contributed by atoms with van der Waals surface area (Å²) in [5.74, 6) is 0.767. The summed E-state index contributed by atoms with van der Waals surface area (Å²) in [5, 5.41) is 7.50. The average Bonchev–Trinajstić information content (AvgIpc) is 2.80. The maximum Gasteiger partial charge on any atom is 0.251 e. The van der Waals surface area contributed by atoms with Crippen LogP contribution in [0.15, 0.2) is 84.9 Å². The average molecular weight is 411 g/mol. The van der Waals surface area contributed by atoms with Gasteiger partial charge in [-0.25, -0.2) is 4.98 Å². The van der Waals surface area contributed by atoms with Gasteiger partial charge in [-0.05, 0) is 42.3 Å². The summed E-state index contributed by atoms with van der Waals surface area (Å²) >= 11 is 0. The fraction of sp³-hybridized carbons (Fsp3) is 0.154. The molecule has 0 saturated carbocycles. The van der Waals surface area contributed by atoms with Gasteiger partial charge in [-0.2, -0.15) is 0 Å². The summed E-state index contributed by atoms with van der Waals surface area (Å²) in [7, 11) is 4.08. The molecule has 0 aliphatic carbocycles. The van der Waals surface area contributed by atoms with Crippen LogP contribution in [-0.2, 0) is 6.42 Å². The molecule has 3 aromatic carbocycles. The number of amides is 1. The van der Waals surface area contributed by atoms with E-state index in [0.717, 1.165) is 34.5 Å². The van der Waals surface area contributed by atoms with Crippen LogP contribution in [0.3, 0.4) is 0 Å². The smallest absolute Gasteiger partial charge is 0.251 e. The lowest BCUT2D eigenvalue weighted by molar-refractivity contribution is 0.0954. The normalized spacial score (nSPS) is 10.6. The van der Waals surface area contributed by atoms with Gasteiger partial charge in [0, 0.05) is 49.0 Å². The van der Waals surface area contributed by atoms with Gasteiger partial charge in [-0.1, -0.05) is 48.5 Å². The van der Waals surface area contributed by atoms with Crippen molar-refractivity contribution in [1.82, 2.24) is 10.3 Å². The first kappa shape index (κ1) is 20.4. The maximum atomic E-state index is 12.1. The first-order valence-electron chi connectivity index (χ1n) is 10.4. The van der Waals surface area contributed by atoms with E-state index in [1.807, 2.05) is 74.8 Å². The summed E-state index contributed by atoms with van der Waals surface area (Å²) in [4.78, 5) is 19.0. The molecule has 0 bridgehead atoms. The standard InChI is InChI=1S/C26H26N4O/c1-30(2)24-18-25(29-23-11-7-6-10-22(23)24)28-21-14-12-19(13-15-21)16-17-27-26(31)20-8-4-3-5-9-20/h3-15,18H,16-17H2,1-2H3,(H,27,31)(H,28,29). The molecule has 1 amide bonds. The number of nitrogens with zero attached hydrogens (tertiary/aromatic N) is 2. The highest BCUT2D eigenvalue weighted by atomic mass is 16.1. The van der Waals surface area contributed by atoms with E-state index in [0.29, 0.717) is 12.1 Å². The minimum atomic E-state index is -0.0436. The van der Waals surface area contributed by atoms with E-state index < -0.39 is 0 Å². The van der Waals surface area contributed by atoms with E-state index in [4.69, 9.17) is 4.98 Å². The predicted molar refractivity (Wildman–Crippen MR) is 128 cm³/mol. The Morgan fingerprint density at radius 1 is 0.903 bits per heavy atom. The molecule has 2 N–H and O–H groups in total. The Morgan fingerprint density at radius 2 is 1.61 bits per heavy atom. The van der Waals surface area contributed by atoms with Gasteiger partial charge in [-0.3, -0.25) is 4.79 Å². The molecular formula is C26H26N4O. The van der Waals surface area contributed by atoms with Crippen LogP contribution < -0.4 is 15.5 Å². The third-order valence-electron chi connectivity index (χ3n) is 5.14. The van der Waals surface area contributed by atoms with Crippen molar-refractivity contribution in [3.8, 4) is 0 Å². The molecule has 0 spiro atoms. The largest absolute Gasteiger partial charge is 0.377 e. The molecule has 1 heterocycles. The van der Waals surface area contributed by atoms with Crippen molar-refractivity contribution in [3.63, 3.8) is 0 Å². The van der Waals surface area contributed by atoms with Crippen LogP contribution in [0.25, 0.3) is 10.9 Å². The number of carbonyl (C=O) groups excluding carboxylic acids is 1. The SMILES string of the molecule is CN(C)c1cc(Nc2ccc(CCNC(=O)c3ccccc3)cc2)nc2ccccc12. The van der Waals surface area contributed by atoms with E-state index in [9.17, 15) is 4.79 Å². The van der Waals surface area contributed by atoms with Gasteiger partial charge >= 0.3 is 0 Å². The second-order valence-corrected chi connectivity index (χ2v) is 7.63. The van der Waals surface area contributed by atoms with Crippen LogP contribution in [0.4, 0.5) is 17.2 Å². The molecule has 1 aromatic heterocycles. The summed E-state index contributed by atoms with van der Waals surface area (Å²) in [6.45, 7) is 0.596. The van der Waals surface area contributed by atoms with E-state index in [1.165, 1.54) is 5.56 Å². The maximum absolute atomic E-state index is 12.1. The van der Waals surface area contributed by atoms with E-state index in [2.05, 4.69) is 39.8 Å². The fourth-order valence-electron chi connectivity index (χ4n) is 3.51. The highest BCUT2D eigenvalue weighted by Crippen LogP contribution is 2.28. The Bertz CT molecular complexity index is 1170. The first-order chi connectivity index (χ1) is 15.1. The molecule has 4 aromatic rings. The monoisotopic (exact) mass is 410 g/mol. The lowest BCUT2D eigenvalue weighted by atomic mass is 10.1. The number of aromatic nitrogens is 1. The molecule has 31 heavy (non-hydrogen) atoms. The predicted octanol–water partition coefficient (Wildman–Crippen LogP) is 5.02. The topological polar surface area (TPSA) is 57.3 Å². The highest BCUT2D eigenvalue weighted by Gasteiger charge is 2.08. The number of rotatable bonds is 7. The number of pyridine rings is 1. The van der Waals surface area contributed by atoms with Crippen LogP contribution in [-0.4, -0.2) is 31.5 Å². The van der Waals surface area contributed by atoms with Crippen molar-refractivity contribution in [2.75, 3.05) is 30.9 Å². The molecule has 0 aliphatic rings. The summed E-state index contributed by atoms with van der Waals surface area (Å²) in [6, 6.07) is 27.7. The Labute approximate surface area is 182 Å². The third kappa shape index (κ3) is 5.01. The number of anilines is 3. The van der Waals surface area contributed by atoms with Gasteiger partial charge in [0.1, 0.15) is 5.82 Å². The van der Waals surface area contributed by atoms with Gasteiger partial charge in [0.2, 0.25) is 0 Å². The summed E-state index contributed by atoms with van der Waals surface area (Å²) in [6.07, 6.45) is 0.776. The molecule has 5 nitrogen and oxygen atoms in total. The van der Waals surface area contributed by atoms with Crippen LogP contribution in [0.2, 0.25) is 0 Å². The number of para-hydroxylation sites is 1. The van der Waals surface area contributed by atoms with E-state index >= 15 is 0 Å².